The molecule has 0 unspecified atom stereocenters. The SMILES string of the molecule is O=C1O[C@H](CN2CCNCC2)CN1C1=COC=C(C2=CC=CCC2)O1. The van der Waals surface area contributed by atoms with E-state index in [9.17, 15) is 4.79 Å². The van der Waals surface area contributed by atoms with Crippen molar-refractivity contribution in [3.05, 3.63) is 48.0 Å². The van der Waals surface area contributed by atoms with Crippen LogP contribution < -0.4 is 5.32 Å². The molecule has 25 heavy (non-hydrogen) atoms. The first-order valence-electron chi connectivity index (χ1n) is 8.80. The molecule has 7 heteroatoms. The van der Waals surface area contributed by atoms with Crippen molar-refractivity contribution >= 4 is 6.09 Å². The van der Waals surface area contributed by atoms with E-state index in [-0.39, 0.29) is 12.2 Å². The van der Waals surface area contributed by atoms with E-state index in [4.69, 9.17) is 14.2 Å². The second-order valence-electron chi connectivity index (χ2n) is 6.50. The predicted octanol–water partition coefficient (Wildman–Crippen LogP) is 1.68. The summed E-state index contributed by atoms with van der Waals surface area (Å²) >= 11 is 0. The van der Waals surface area contributed by atoms with E-state index in [1.165, 1.54) is 11.2 Å². The van der Waals surface area contributed by atoms with Crippen molar-refractivity contribution in [2.45, 2.75) is 18.9 Å². The standard InChI is InChI=1S/C18H23N3O4/c22-18-21(11-15(24-18)10-20-8-6-19-7-9-20)17-13-23-12-16(25-17)14-4-2-1-3-5-14/h1-2,4,12-13,15,19H,3,5-11H2/t15-/m1/s1. The molecule has 3 aliphatic heterocycles. The zero-order valence-electron chi connectivity index (χ0n) is 14.1. The average Bonchev–Trinajstić information content (AvgIpc) is 3.03. The molecule has 4 aliphatic rings. The minimum atomic E-state index is -0.381. The highest BCUT2D eigenvalue weighted by Crippen LogP contribution is 2.29. The molecule has 2 fully saturated rings. The van der Waals surface area contributed by atoms with Crippen LogP contribution in [0.15, 0.2) is 48.0 Å². The smallest absolute Gasteiger partial charge is 0.417 e. The van der Waals surface area contributed by atoms with E-state index >= 15 is 0 Å². The van der Waals surface area contributed by atoms with Gasteiger partial charge in [-0.3, -0.25) is 4.90 Å². The van der Waals surface area contributed by atoms with Gasteiger partial charge in [-0.05, 0) is 18.4 Å². The topological polar surface area (TPSA) is 63.3 Å². The van der Waals surface area contributed by atoms with Crippen LogP contribution in [0.25, 0.3) is 0 Å². The summed E-state index contributed by atoms with van der Waals surface area (Å²) in [6.45, 7) is 5.13. The third-order valence-electron chi connectivity index (χ3n) is 4.70. The van der Waals surface area contributed by atoms with Gasteiger partial charge in [0.25, 0.3) is 0 Å². The Morgan fingerprint density at radius 1 is 1.24 bits per heavy atom. The van der Waals surface area contributed by atoms with Crippen molar-refractivity contribution < 1.29 is 19.0 Å². The normalized spacial score (nSPS) is 27.0. The third-order valence-corrected chi connectivity index (χ3v) is 4.70. The Kier molecular flexibility index (Phi) is 4.76. The van der Waals surface area contributed by atoms with Crippen molar-refractivity contribution in [3.8, 4) is 0 Å². The molecule has 1 aliphatic carbocycles. The first-order valence-corrected chi connectivity index (χ1v) is 8.80. The first-order chi connectivity index (χ1) is 12.3. The maximum absolute atomic E-state index is 12.3. The summed E-state index contributed by atoms with van der Waals surface area (Å²) in [4.78, 5) is 16.1. The van der Waals surface area contributed by atoms with E-state index in [1.807, 2.05) is 12.2 Å². The molecule has 3 heterocycles. The fourth-order valence-electron chi connectivity index (χ4n) is 3.36. The lowest BCUT2D eigenvalue weighted by molar-refractivity contribution is 0.0992. The Morgan fingerprint density at radius 3 is 2.92 bits per heavy atom. The number of carbonyl (C=O) groups is 1. The fraction of sp³-hybridized carbons (Fsp3) is 0.500. The molecule has 0 saturated carbocycles. The largest absolute Gasteiger partial charge is 0.463 e. The van der Waals surface area contributed by atoms with Gasteiger partial charge in [-0.2, -0.15) is 0 Å². The Hall–Kier alpha value is -2.25. The molecule has 1 amide bonds. The lowest BCUT2D eigenvalue weighted by Crippen LogP contribution is -2.46. The summed E-state index contributed by atoms with van der Waals surface area (Å²) in [5.74, 6) is 1.04. The molecule has 2 saturated heterocycles. The molecule has 0 radical (unpaired) electrons. The van der Waals surface area contributed by atoms with E-state index in [1.54, 1.807) is 6.26 Å². The summed E-state index contributed by atoms with van der Waals surface area (Å²) in [5.41, 5.74) is 1.07. The summed E-state index contributed by atoms with van der Waals surface area (Å²) < 4.78 is 16.8. The summed E-state index contributed by atoms with van der Waals surface area (Å²) in [7, 11) is 0. The fourth-order valence-corrected chi connectivity index (χ4v) is 3.36. The number of nitrogens with zero attached hydrogens (tertiary/aromatic N) is 2. The van der Waals surface area contributed by atoms with Crippen LogP contribution in [0.4, 0.5) is 4.79 Å². The highest BCUT2D eigenvalue weighted by molar-refractivity contribution is 5.72. The Bertz CT molecular complexity index is 647. The van der Waals surface area contributed by atoms with E-state index < -0.39 is 0 Å². The zero-order chi connectivity index (χ0) is 17.1. The van der Waals surface area contributed by atoms with Crippen LogP contribution in [-0.2, 0) is 14.2 Å². The van der Waals surface area contributed by atoms with Gasteiger partial charge in [0.05, 0.1) is 6.54 Å². The van der Waals surface area contributed by atoms with Crippen molar-refractivity contribution in [1.29, 1.82) is 0 Å². The minimum absolute atomic E-state index is 0.152. The minimum Gasteiger partial charge on any atom is -0.463 e. The van der Waals surface area contributed by atoms with Crippen LogP contribution in [0.5, 0.6) is 0 Å². The van der Waals surface area contributed by atoms with Crippen LogP contribution in [-0.4, -0.2) is 61.3 Å². The van der Waals surface area contributed by atoms with Gasteiger partial charge in [-0.15, -0.1) is 0 Å². The van der Waals surface area contributed by atoms with E-state index in [2.05, 4.69) is 16.3 Å². The molecule has 0 aromatic carbocycles. The predicted molar refractivity (Wildman–Crippen MR) is 91.1 cm³/mol. The number of hydrogen-bond acceptors (Lipinski definition) is 6. The molecular formula is C18H23N3O4. The first kappa shape index (κ1) is 16.2. The lowest BCUT2D eigenvalue weighted by atomic mass is 10.0. The molecule has 1 atom stereocenters. The van der Waals surface area contributed by atoms with Crippen LogP contribution >= 0.6 is 0 Å². The molecule has 1 N–H and O–H groups in total. The molecule has 7 nitrogen and oxygen atoms in total. The highest BCUT2D eigenvalue weighted by Gasteiger charge is 2.37. The Balaban J connectivity index is 1.36. The quantitative estimate of drug-likeness (QED) is 0.836. The van der Waals surface area contributed by atoms with Gasteiger partial charge in [-0.1, -0.05) is 18.2 Å². The van der Waals surface area contributed by atoms with Gasteiger partial charge >= 0.3 is 6.09 Å². The Labute approximate surface area is 147 Å². The highest BCUT2D eigenvalue weighted by atomic mass is 16.6. The number of nitrogens with one attached hydrogen (secondary N) is 1. The summed E-state index contributed by atoms with van der Waals surface area (Å²) in [6, 6.07) is 0. The van der Waals surface area contributed by atoms with Crippen molar-refractivity contribution in [2.24, 2.45) is 0 Å². The van der Waals surface area contributed by atoms with Gasteiger partial charge in [-0.25, -0.2) is 9.69 Å². The molecule has 0 aromatic rings. The Morgan fingerprint density at radius 2 is 2.12 bits per heavy atom. The van der Waals surface area contributed by atoms with Crippen molar-refractivity contribution in [2.75, 3.05) is 39.3 Å². The molecule has 0 aromatic heterocycles. The van der Waals surface area contributed by atoms with Crippen LogP contribution in [0, 0.1) is 0 Å². The van der Waals surface area contributed by atoms with Crippen LogP contribution in [0.1, 0.15) is 12.8 Å². The second-order valence-corrected chi connectivity index (χ2v) is 6.50. The molecule has 0 bridgehead atoms. The monoisotopic (exact) mass is 345 g/mol. The number of amides is 1. The number of rotatable bonds is 4. The number of cyclic esters (lactones) is 1. The van der Waals surface area contributed by atoms with E-state index in [0.717, 1.165) is 51.1 Å². The van der Waals surface area contributed by atoms with Crippen LogP contribution in [0.3, 0.4) is 0 Å². The summed E-state index contributed by atoms with van der Waals surface area (Å²) in [5, 5.41) is 3.32. The van der Waals surface area contributed by atoms with Gasteiger partial charge in [0.2, 0.25) is 5.88 Å². The van der Waals surface area contributed by atoms with Gasteiger partial charge in [0.15, 0.2) is 12.0 Å². The van der Waals surface area contributed by atoms with Crippen molar-refractivity contribution in [3.63, 3.8) is 0 Å². The van der Waals surface area contributed by atoms with Crippen LogP contribution in [0.2, 0.25) is 0 Å². The third kappa shape index (κ3) is 3.72. The number of hydrogen-bond donors (Lipinski definition) is 1. The summed E-state index contributed by atoms with van der Waals surface area (Å²) in [6.07, 6.45) is 10.5. The maximum atomic E-state index is 12.3. The maximum Gasteiger partial charge on any atom is 0.417 e. The van der Waals surface area contributed by atoms with E-state index in [0.29, 0.717) is 18.2 Å². The van der Waals surface area contributed by atoms with Crippen molar-refractivity contribution in [1.82, 2.24) is 15.1 Å². The molecule has 134 valence electrons. The number of ether oxygens (including phenoxy) is 3. The van der Waals surface area contributed by atoms with Gasteiger partial charge in [0.1, 0.15) is 12.4 Å². The van der Waals surface area contributed by atoms with Gasteiger partial charge in [0, 0.05) is 32.7 Å². The molecule has 4 rings (SSSR count). The zero-order valence-corrected chi connectivity index (χ0v) is 14.1. The second kappa shape index (κ2) is 7.33. The van der Waals surface area contributed by atoms with Gasteiger partial charge < -0.3 is 19.5 Å². The average molecular weight is 345 g/mol. The number of carbonyl (C=O) groups excluding carboxylic acids is 1. The molecule has 0 spiro atoms. The molecular weight excluding hydrogens is 322 g/mol. The number of allylic oxidation sites excluding steroid dienone is 4. The lowest BCUT2D eigenvalue weighted by Gasteiger charge is -2.28. The number of piperazine rings is 1.